The second kappa shape index (κ2) is 7.61. The third kappa shape index (κ3) is 5.97. The Morgan fingerprint density at radius 1 is 1.10 bits per heavy atom. The Bertz CT molecular complexity index is 435. The first-order valence-corrected chi connectivity index (χ1v) is 8.49. The highest BCUT2D eigenvalue weighted by atomic mass is 79.9. The molecule has 0 aliphatic rings. The molecule has 1 nitrogen and oxygen atoms in total. The van der Waals surface area contributed by atoms with E-state index in [0.29, 0.717) is 11.5 Å². The summed E-state index contributed by atoms with van der Waals surface area (Å²) in [6, 6.07) is 5.17. The van der Waals surface area contributed by atoms with E-state index in [1.54, 1.807) is 0 Å². The molecule has 20 heavy (non-hydrogen) atoms. The Kier molecular flexibility index (Phi) is 6.74. The van der Waals surface area contributed by atoms with Crippen molar-refractivity contribution in [2.45, 2.75) is 66.8 Å². The van der Waals surface area contributed by atoms with Crippen molar-refractivity contribution in [3.8, 4) is 0 Å². The molecule has 1 N–H and O–H groups in total. The van der Waals surface area contributed by atoms with Gasteiger partial charge in [0.2, 0.25) is 0 Å². The van der Waals surface area contributed by atoms with Gasteiger partial charge in [0, 0.05) is 10.5 Å². The van der Waals surface area contributed by atoms with Crippen LogP contribution in [0.25, 0.3) is 0 Å². The van der Waals surface area contributed by atoms with Gasteiger partial charge in [-0.05, 0) is 67.8 Å². The Morgan fingerprint density at radius 2 is 1.75 bits per heavy atom. The second-order valence-electron chi connectivity index (χ2n) is 7.05. The van der Waals surface area contributed by atoms with Crippen LogP contribution in [0.5, 0.6) is 0 Å². The molecule has 0 atom stereocenters. The van der Waals surface area contributed by atoms with E-state index in [-0.39, 0.29) is 0 Å². The zero-order chi connectivity index (χ0) is 15.3. The van der Waals surface area contributed by atoms with Gasteiger partial charge >= 0.3 is 0 Å². The van der Waals surface area contributed by atoms with E-state index in [1.807, 2.05) is 0 Å². The topological polar surface area (TPSA) is 12.0 Å². The maximum absolute atomic E-state index is 3.61. The van der Waals surface area contributed by atoms with E-state index in [2.05, 4.69) is 74.9 Å². The molecule has 1 rings (SSSR count). The quantitative estimate of drug-likeness (QED) is 0.699. The molecule has 0 saturated carbocycles. The molecule has 1 aromatic carbocycles. The molecule has 1 aromatic rings. The van der Waals surface area contributed by atoms with Crippen molar-refractivity contribution < 1.29 is 0 Å². The molecule has 0 aromatic heterocycles. The van der Waals surface area contributed by atoms with Gasteiger partial charge in [-0.3, -0.25) is 0 Å². The lowest BCUT2D eigenvalue weighted by Crippen LogP contribution is -2.28. The first-order valence-electron chi connectivity index (χ1n) is 7.70. The van der Waals surface area contributed by atoms with Gasteiger partial charge in [0.15, 0.2) is 0 Å². The van der Waals surface area contributed by atoms with Gasteiger partial charge in [0.25, 0.3) is 0 Å². The predicted molar refractivity (Wildman–Crippen MR) is 93.5 cm³/mol. The summed E-state index contributed by atoms with van der Waals surface area (Å²) in [5, 5.41) is 3.52. The number of hydrogen-bond donors (Lipinski definition) is 1. The van der Waals surface area contributed by atoms with Crippen molar-refractivity contribution in [2.75, 3.05) is 6.54 Å². The smallest absolute Gasteiger partial charge is 0.0207 e. The highest BCUT2D eigenvalue weighted by molar-refractivity contribution is 9.10. The standard InChI is InChI=1S/C18H30BrN/c1-13(2)20-10-9-18(5,6)8-7-16-11-15(4)17(19)12-14(16)3/h11-13,20H,7-10H2,1-6H3. The summed E-state index contributed by atoms with van der Waals surface area (Å²) in [6.45, 7) is 14.7. The Balaban J connectivity index is 2.55. The van der Waals surface area contributed by atoms with E-state index in [9.17, 15) is 0 Å². The number of rotatable bonds is 7. The summed E-state index contributed by atoms with van der Waals surface area (Å²) < 4.78 is 1.22. The fourth-order valence-electron chi connectivity index (χ4n) is 2.41. The van der Waals surface area contributed by atoms with Crippen LogP contribution in [0.4, 0.5) is 0 Å². The fraction of sp³-hybridized carbons (Fsp3) is 0.667. The number of nitrogens with one attached hydrogen (secondary N) is 1. The third-order valence-electron chi connectivity index (χ3n) is 4.04. The summed E-state index contributed by atoms with van der Waals surface area (Å²) >= 11 is 3.61. The Labute approximate surface area is 133 Å². The van der Waals surface area contributed by atoms with Crippen molar-refractivity contribution in [3.05, 3.63) is 33.3 Å². The average molecular weight is 340 g/mol. The molecule has 114 valence electrons. The van der Waals surface area contributed by atoms with E-state index >= 15 is 0 Å². The molecule has 0 aliphatic heterocycles. The molecule has 0 unspecified atom stereocenters. The molecule has 0 amide bonds. The molecular weight excluding hydrogens is 310 g/mol. The van der Waals surface area contributed by atoms with Gasteiger partial charge < -0.3 is 5.32 Å². The van der Waals surface area contributed by atoms with Crippen LogP contribution in [0, 0.1) is 19.3 Å². The van der Waals surface area contributed by atoms with Crippen LogP contribution in [0.2, 0.25) is 0 Å². The van der Waals surface area contributed by atoms with Gasteiger partial charge in [0.05, 0.1) is 0 Å². The highest BCUT2D eigenvalue weighted by Gasteiger charge is 2.18. The lowest BCUT2D eigenvalue weighted by Gasteiger charge is -2.26. The summed E-state index contributed by atoms with van der Waals surface area (Å²) in [5.41, 5.74) is 4.63. The minimum atomic E-state index is 0.398. The molecule has 0 bridgehead atoms. The average Bonchev–Trinajstić information content (AvgIpc) is 2.31. The number of aryl methyl sites for hydroxylation is 3. The molecule has 0 spiro atoms. The lowest BCUT2D eigenvalue weighted by atomic mass is 9.82. The van der Waals surface area contributed by atoms with Crippen molar-refractivity contribution in [2.24, 2.45) is 5.41 Å². The molecule has 0 heterocycles. The minimum Gasteiger partial charge on any atom is -0.315 e. The zero-order valence-corrected chi connectivity index (χ0v) is 15.5. The van der Waals surface area contributed by atoms with Crippen LogP contribution in [-0.2, 0) is 6.42 Å². The van der Waals surface area contributed by atoms with E-state index in [0.717, 1.165) is 6.54 Å². The second-order valence-corrected chi connectivity index (χ2v) is 7.91. The van der Waals surface area contributed by atoms with E-state index in [4.69, 9.17) is 0 Å². The van der Waals surface area contributed by atoms with Crippen LogP contribution < -0.4 is 5.32 Å². The Hall–Kier alpha value is -0.340. The van der Waals surface area contributed by atoms with Crippen LogP contribution in [0.15, 0.2) is 16.6 Å². The fourth-order valence-corrected chi connectivity index (χ4v) is 2.87. The van der Waals surface area contributed by atoms with Crippen LogP contribution >= 0.6 is 15.9 Å². The van der Waals surface area contributed by atoms with Gasteiger partial charge in [0.1, 0.15) is 0 Å². The molecular formula is C18H30BrN. The first-order chi connectivity index (χ1) is 9.21. The van der Waals surface area contributed by atoms with Crippen molar-refractivity contribution in [1.82, 2.24) is 5.32 Å². The summed E-state index contributed by atoms with van der Waals surface area (Å²) in [5.74, 6) is 0. The minimum absolute atomic E-state index is 0.398. The molecule has 0 fully saturated rings. The zero-order valence-electron chi connectivity index (χ0n) is 13.9. The summed E-state index contributed by atoms with van der Waals surface area (Å²) in [4.78, 5) is 0. The van der Waals surface area contributed by atoms with Gasteiger partial charge in [-0.2, -0.15) is 0 Å². The predicted octanol–water partition coefficient (Wildman–Crippen LogP) is 5.41. The number of halogens is 1. The molecule has 0 saturated heterocycles. The van der Waals surface area contributed by atoms with Crippen molar-refractivity contribution in [1.29, 1.82) is 0 Å². The summed E-state index contributed by atoms with van der Waals surface area (Å²) in [6.07, 6.45) is 3.66. The van der Waals surface area contributed by atoms with Crippen molar-refractivity contribution in [3.63, 3.8) is 0 Å². The SMILES string of the molecule is Cc1cc(CCC(C)(C)CCNC(C)C)c(C)cc1Br. The van der Waals surface area contributed by atoms with Gasteiger partial charge in [-0.25, -0.2) is 0 Å². The monoisotopic (exact) mass is 339 g/mol. The largest absolute Gasteiger partial charge is 0.315 e. The van der Waals surface area contributed by atoms with Gasteiger partial charge in [-0.15, -0.1) is 0 Å². The third-order valence-corrected chi connectivity index (χ3v) is 4.90. The lowest BCUT2D eigenvalue weighted by molar-refractivity contribution is 0.298. The molecule has 0 aliphatic carbocycles. The molecule has 0 radical (unpaired) electrons. The van der Waals surface area contributed by atoms with Crippen molar-refractivity contribution >= 4 is 15.9 Å². The van der Waals surface area contributed by atoms with E-state index < -0.39 is 0 Å². The van der Waals surface area contributed by atoms with Gasteiger partial charge in [-0.1, -0.05) is 49.7 Å². The Morgan fingerprint density at radius 3 is 2.35 bits per heavy atom. The van der Waals surface area contributed by atoms with E-state index in [1.165, 1.54) is 40.4 Å². The highest BCUT2D eigenvalue weighted by Crippen LogP contribution is 2.29. The van der Waals surface area contributed by atoms with Crippen LogP contribution in [0.1, 0.15) is 57.2 Å². The summed E-state index contributed by atoms with van der Waals surface area (Å²) in [7, 11) is 0. The first kappa shape index (κ1) is 17.7. The number of hydrogen-bond acceptors (Lipinski definition) is 1. The van der Waals surface area contributed by atoms with Crippen LogP contribution in [0.3, 0.4) is 0 Å². The normalized spacial score (nSPS) is 12.2. The maximum atomic E-state index is 3.61. The van der Waals surface area contributed by atoms with Crippen LogP contribution in [-0.4, -0.2) is 12.6 Å². The molecule has 2 heteroatoms. The maximum Gasteiger partial charge on any atom is 0.0207 e. The number of benzene rings is 1.